The van der Waals surface area contributed by atoms with Crippen molar-refractivity contribution in [2.75, 3.05) is 5.32 Å². The second-order valence-electron chi connectivity index (χ2n) is 4.76. The molecule has 0 fully saturated rings. The Labute approximate surface area is 108 Å². The molecule has 0 saturated heterocycles. The second-order valence-corrected chi connectivity index (χ2v) is 4.76. The maximum atomic E-state index is 13.1. The van der Waals surface area contributed by atoms with Gasteiger partial charge in [-0.05, 0) is 49.6 Å². The summed E-state index contributed by atoms with van der Waals surface area (Å²) < 4.78 is 13.1. The fourth-order valence-electron chi connectivity index (χ4n) is 2.30. The zero-order chi connectivity index (χ0) is 13.1. The Hall–Kier alpha value is -1.83. The van der Waals surface area contributed by atoms with Crippen molar-refractivity contribution in [3.8, 4) is 0 Å². The van der Waals surface area contributed by atoms with E-state index >= 15 is 0 Å². The summed E-state index contributed by atoms with van der Waals surface area (Å²) in [6.07, 6.45) is 0. The molecule has 1 nitrogen and oxygen atoms in total. The maximum Gasteiger partial charge on any atom is 0.123 e. The van der Waals surface area contributed by atoms with Gasteiger partial charge in [-0.25, -0.2) is 4.39 Å². The Morgan fingerprint density at radius 3 is 2.28 bits per heavy atom. The van der Waals surface area contributed by atoms with Crippen molar-refractivity contribution in [3.63, 3.8) is 0 Å². The molecular weight excluding hydrogens is 225 g/mol. The Bertz CT molecular complexity index is 538. The Balaban J connectivity index is 2.16. The van der Waals surface area contributed by atoms with Gasteiger partial charge in [-0.3, -0.25) is 0 Å². The molecule has 94 valence electrons. The SMILES string of the molecule is Cc1cc(C)c(NCc2cccc(F)c2)c(C)c1. The third-order valence-corrected chi connectivity index (χ3v) is 3.04. The minimum Gasteiger partial charge on any atom is -0.381 e. The smallest absolute Gasteiger partial charge is 0.123 e. The van der Waals surface area contributed by atoms with Gasteiger partial charge in [0, 0.05) is 12.2 Å². The van der Waals surface area contributed by atoms with E-state index in [4.69, 9.17) is 0 Å². The highest BCUT2D eigenvalue weighted by atomic mass is 19.1. The van der Waals surface area contributed by atoms with Crippen molar-refractivity contribution < 1.29 is 4.39 Å². The van der Waals surface area contributed by atoms with Crippen molar-refractivity contribution in [2.24, 2.45) is 0 Å². The van der Waals surface area contributed by atoms with Gasteiger partial charge in [-0.2, -0.15) is 0 Å². The van der Waals surface area contributed by atoms with E-state index in [-0.39, 0.29) is 5.82 Å². The molecule has 0 atom stereocenters. The van der Waals surface area contributed by atoms with Crippen LogP contribution in [-0.4, -0.2) is 0 Å². The zero-order valence-electron chi connectivity index (χ0n) is 11.0. The first-order valence-electron chi connectivity index (χ1n) is 6.12. The first-order valence-corrected chi connectivity index (χ1v) is 6.12. The topological polar surface area (TPSA) is 12.0 Å². The number of hydrogen-bond acceptors (Lipinski definition) is 1. The number of hydrogen-bond donors (Lipinski definition) is 1. The van der Waals surface area contributed by atoms with Crippen LogP contribution in [0.1, 0.15) is 22.3 Å². The lowest BCUT2D eigenvalue weighted by atomic mass is 10.0. The normalized spacial score (nSPS) is 10.4. The molecule has 2 aromatic carbocycles. The van der Waals surface area contributed by atoms with E-state index in [9.17, 15) is 4.39 Å². The lowest BCUT2D eigenvalue weighted by Crippen LogP contribution is -2.03. The molecule has 0 heterocycles. The molecule has 0 aliphatic rings. The lowest BCUT2D eigenvalue weighted by molar-refractivity contribution is 0.626. The fourth-order valence-corrected chi connectivity index (χ4v) is 2.30. The van der Waals surface area contributed by atoms with Crippen LogP contribution in [0.4, 0.5) is 10.1 Å². The summed E-state index contributed by atoms with van der Waals surface area (Å²) in [5.74, 6) is -0.188. The second kappa shape index (κ2) is 5.21. The molecule has 0 amide bonds. The molecule has 0 spiro atoms. The fraction of sp³-hybridized carbons (Fsp3) is 0.250. The molecule has 0 aromatic heterocycles. The van der Waals surface area contributed by atoms with E-state index in [1.54, 1.807) is 12.1 Å². The molecule has 1 N–H and O–H groups in total. The van der Waals surface area contributed by atoms with Crippen LogP contribution in [0.3, 0.4) is 0 Å². The van der Waals surface area contributed by atoms with E-state index in [1.807, 2.05) is 6.07 Å². The summed E-state index contributed by atoms with van der Waals surface area (Å²) in [5.41, 5.74) is 5.81. The van der Waals surface area contributed by atoms with Crippen molar-refractivity contribution in [1.82, 2.24) is 0 Å². The van der Waals surface area contributed by atoms with Gasteiger partial charge in [0.05, 0.1) is 0 Å². The van der Waals surface area contributed by atoms with Gasteiger partial charge >= 0.3 is 0 Å². The summed E-state index contributed by atoms with van der Waals surface area (Å²) in [6.45, 7) is 6.92. The molecule has 0 aliphatic carbocycles. The highest BCUT2D eigenvalue weighted by molar-refractivity contribution is 5.58. The molecule has 0 radical (unpaired) electrons. The highest BCUT2D eigenvalue weighted by Gasteiger charge is 2.03. The third-order valence-electron chi connectivity index (χ3n) is 3.04. The summed E-state index contributed by atoms with van der Waals surface area (Å²) in [7, 11) is 0. The largest absolute Gasteiger partial charge is 0.381 e. The van der Waals surface area contributed by atoms with Gasteiger partial charge in [0.15, 0.2) is 0 Å². The number of benzene rings is 2. The van der Waals surface area contributed by atoms with Gasteiger partial charge in [0.2, 0.25) is 0 Å². The Kier molecular flexibility index (Phi) is 3.66. The van der Waals surface area contributed by atoms with E-state index < -0.39 is 0 Å². The molecule has 0 aliphatic heterocycles. The van der Waals surface area contributed by atoms with E-state index in [0.29, 0.717) is 6.54 Å². The molecule has 2 aromatic rings. The molecule has 18 heavy (non-hydrogen) atoms. The minimum absolute atomic E-state index is 0.188. The van der Waals surface area contributed by atoms with E-state index in [0.717, 1.165) is 11.3 Å². The number of anilines is 1. The monoisotopic (exact) mass is 243 g/mol. The Morgan fingerprint density at radius 1 is 1.00 bits per heavy atom. The average Bonchev–Trinajstić information content (AvgIpc) is 2.27. The predicted molar refractivity (Wildman–Crippen MR) is 74.4 cm³/mol. The van der Waals surface area contributed by atoms with Crippen LogP contribution in [0.15, 0.2) is 36.4 Å². The quantitative estimate of drug-likeness (QED) is 0.844. The molecule has 2 rings (SSSR count). The van der Waals surface area contributed by atoms with Crippen molar-refractivity contribution in [1.29, 1.82) is 0 Å². The minimum atomic E-state index is -0.188. The maximum absolute atomic E-state index is 13.1. The van der Waals surface area contributed by atoms with Crippen molar-refractivity contribution in [3.05, 3.63) is 64.5 Å². The summed E-state index contributed by atoms with van der Waals surface area (Å²) >= 11 is 0. The number of rotatable bonds is 3. The molecule has 0 saturated carbocycles. The predicted octanol–water partition coefficient (Wildman–Crippen LogP) is 4.36. The number of aryl methyl sites for hydroxylation is 3. The summed E-state index contributed by atoms with van der Waals surface area (Å²) in [6, 6.07) is 11.0. The van der Waals surface area contributed by atoms with Crippen LogP contribution in [-0.2, 0) is 6.54 Å². The average molecular weight is 243 g/mol. The van der Waals surface area contributed by atoms with E-state index in [1.165, 1.54) is 22.8 Å². The highest BCUT2D eigenvalue weighted by Crippen LogP contribution is 2.22. The van der Waals surface area contributed by atoms with Crippen LogP contribution in [0.2, 0.25) is 0 Å². The van der Waals surface area contributed by atoms with Crippen LogP contribution in [0.5, 0.6) is 0 Å². The first-order chi connectivity index (χ1) is 8.56. The van der Waals surface area contributed by atoms with Crippen LogP contribution < -0.4 is 5.32 Å². The lowest BCUT2D eigenvalue weighted by Gasteiger charge is -2.14. The van der Waals surface area contributed by atoms with Crippen LogP contribution >= 0.6 is 0 Å². The molecule has 0 bridgehead atoms. The molecule has 2 heteroatoms. The Morgan fingerprint density at radius 2 is 1.67 bits per heavy atom. The van der Waals surface area contributed by atoms with Gasteiger partial charge < -0.3 is 5.32 Å². The first kappa shape index (κ1) is 12.6. The zero-order valence-corrected chi connectivity index (χ0v) is 11.0. The van der Waals surface area contributed by atoms with Crippen molar-refractivity contribution >= 4 is 5.69 Å². The number of nitrogens with one attached hydrogen (secondary N) is 1. The summed E-state index contributed by atoms with van der Waals surface area (Å²) in [4.78, 5) is 0. The third kappa shape index (κ3) is 2.89. The number of halogens is 1. The molecular formula is C16H18FN. The summed E-state index contributed by atoms with van der Waals surface area (Å²) in [5, 5.41) is 3.39. The van der Waals surface area contributed by atoms with Gasteiger partial charge in [-0.1, -0.05) is 29.8 Å². The van der Waals surface area contributed by atoms with Crippen LogP contribution in [0, 0.1) is 26.6 Å². The van der Waals surface area contributed by atoms with Gasteiger partial charge in [0.25, 0.3) is 0 Å². The van der Waals surface area contributed by atoms with E-state index in [2.05, 4.69) is 38.2 Å². The standard InChI is InChI=1S/C16H18FN/c1-11-7-12(2)16(13(3)8-11)18-10-14-5-4-6-15(17)9-14/h4-9,18H,10H2,1-3H3. The van der Waals surface area contributed by atoms with Gasteiger partial charge in [-0.15, -0.1) is 0 Å². The van der Waals surface area contributed by atoms with Gasteiger partial charge in [0.1, 0.15) is 5.82 Å². The van der Waals surface area contributed by atoms with Crippen molar-refractivity contribution in [2.45, 2.75) is 27.3 Å². The van der Waals surface area contributed by atoms with Crippen LogP contribution in [0.25, 0.3) is 0 Å². The molecule has 0 unspecified atom stereocenters.